The molecule has 0 aromatic carbocycles. The van der Waals surface area contributed by atoms with Crippen LogP contribution >= 0.6 is 11.8 Å². The Kier molecular flexibility index (Phi) is 3.76. The van der Waals surface area contributed by atoms with Crippen molar-refractivity contribution in [3.63, 3.8) is 0 Å². The molecule has 0 radical (unpaired) electrons. The fourth-order valence-corrected chi connectivity index (χ4v) is 1.53. The minimum Gasteiger partial charge on any atom is -0.352 e. The number of nitrogens with one attached hydrogen (secondary N) is 1. The molecule has 1 N–H and O–H groups in total. The summed E-state index contributed by atoms with van der Waals surface area (Å²) in [6.07, 6.45) is 3.60. The summed E-state index contributed by atoms with van der Waals surface area (Å²) < 4.78 is 0. The SMILES string of the molecule is CCNC(=O)c1cccnc1SC. The lowest BCUT2D eigenvalue weighted by Crippen LogP contribution is -2.23. The van der Waals surface area contributed by atoms with E-state index in [9.17, 15) is 4.79 Å². The normalized spacial score (nSPS) is 9.69. The van der Waals surface area contributed by atoms with E-state index in [1.165, 1.54) is 11.8 Å². The van der Waals surface area contributed by atoms with Gasteiger partial charge < -0.3 is 5.32 Å². The second-order valence-electron chi connectivity index (χ2n) is 2.42. The van der Waals surface area contributed by atoms with E-state index in [1.54, 1.807) is 18.3 Å². The first-order valence-corrected chi connectivity index (χ1v) is 5.29. The molecule has 0 spiro atoms. The molecular formula is C9H12N2OS. The number of rotatable bonds is 3. The molecule has 0 bridgehead atoms. The molecule has 1 aromatic heterocycles. The van der Waals surface area contributed by atoms with Crippen molar-refractivity contribution in [2.75, 3.05) is 12.8 Å². The van der Waals surface area contributed by atoms with Crippen LogP contribution in [0.25, 0.3) is 0 Å². The number of nitrogens with zero attached hydrogens (tertiary/aromatic N) is 1. The highest BCUT2D eigenvalue weighted by Crippen LogP contribution is 2.16. The summed E-state index contributed by atoms with van der Waals surface area (Å²) in [6, 6.07) is 3.55. The van der Waals surface area contributed by atoms with Gasteiger partial charge in [-0.3, -0.25) is 4.79 Å². The highest BCUT2D eigenvalue weighted by molar-refractivity contribution is 7.98. The van der Waals surface area contributed by atoms with Crippen LogP contribution in [-0.2, 0) is 0 Å². The van der Waals surface area contributed by atoms with Gasteiger partial charge in [0.1, 0.15) is 5.03 Å². The minimum atomic E-state index is -0.0556. The summed E-state index contributed by atoms with van der Waals surface area (Å²) in [5, 5.41) is 3.52. The topological polar surface area (TPSA) is 42.0 Å². The Balaban J connectivity index is 2.92. The molecule has 0 aliphatic rings. The molecule has 1 aromatic rings. The average molecular weight is 196 g/mol. The molecule has 1 rings (SSSR count). The lowest BCUT2D eigenvalue weighted by Gasteiger charge is -2.04. The number of hydrogen-bond acceptors (Lipinski definition) is 3. The maximum Gasteiger partial charge on any atom is 0.254 e. The second kappa shape index (κ2) is 4.87. The largest absolute Gasteiger partial charge is 0.352 e. The fraction of sp³-hybridized carbons (Fsp3) is 0.333. The van der Waals surface area contributed by atoms with Crippen molar-refractivity contribution in [3.8, 4) is 0 Å². The maximum atomic E-state index is 11.5. The van der Waals surface area contributed by atoms with Gasteiger partial charge in [0, 0.05) is 12.7 Å². The Morgan fingerprint density at radius 1 is 1.69 bits per heavy atom. The van der Waals surface area contributed by atoms with Crippen LogP contribution in [0.5, 0.6) is 0 Å². The van der Waals surface area contributed by atoms with Crippen molar-refractivity contribution < 1.29 is 4.79 Å². The average Bonchev–Trinajstić information content (AvgIpc) is 2.18. The summed E-state index contributed by atoms with van der Waals surface area (Å²) in [5.41, 5.74) is 0.650. The Bertz CT molecular complexity index is 301. The van der Waals surface area contributed by atoms with Crippen LogP contribution in [0.3, 0.4) is 0 Å². The predicted molar refractivity (Wildman–Crippen MR) is 54.0 cm³/mol. The molecule has 0 saturated carbocycles. The highest BCUT2D eigenvalue weighted by atomic mass is 32.2. The van der Waals surface area contributed by atoms with Crippen molar-refractivity contribution in [2.45, 2.75) is 11.9 Å². The van der Waals surface area contributed by atoms with E-state index in [0.717, 1.165) is 5.03 Å². The van der Waals surface area contributed by atoms with Gasteiger partial charge in [-0.2, -0.15) is 0 Å². The van der Waals surface area contributed by atoms with Crippen LogP contribution in [-0.4, -0.2) is 23.7 Å². The number of carbonyl (C=O) groups is 1. The van der Waals surface area contributed by atoms with Gasteiger partial charge >= 0.3 is 0 Å². The molecule has 0 aliphatic heterocycles. The minimum absolute atomic E-state index is 0.0556. The zero-order valence-corrected chi connectivity index (χ0v) is 8.52. The van der Waals surface area contributed by atoms with Gasteiger partial charge in [0.15, 0.2) is 0 Å². The first kappa shape index (κ1) is 10.1. The standard InChI is InChI=1S/C9H12N2OS/c1-3-10-8(12)7-5-4-6-11-9(7)13-2/h4-6H,3H2,1-2H3,(H,10,12). The zero-order valence-electron chi connectivity index (χ0n) is 7.70. The Morgan fingerprint density at radius 2 is 2.46 bits per heavy atom. The van der Waals surface area contributed by atoms with Gasteiger partial charge in [-0.25, -0.2) is 4.98 Å². The molecule has 4 heteroatoms. The Morgan fingerprint density at radius 3 is 3.08 bits per heavy atom. The van der Waals surface area contributed by atoms with Gasteiger partial charge in [-0.1, -0.05) is 0 Å². The molecule has 13 heavy (non-hydrogen) atoms. The van der Waals surface area contributed by atoms with Crippen LogP contribution in [0.1, 0.15) is 17.3 Å². The molecule has 3 nitrogen and oxygen atoms in total. The summed E-state index contributed by atoms with van der Waals surface area (Å²) in [6.45, 7) is 2.54. The van der Waals surface area contributed by atoms with Crippen LogP contribution in [0.15, 0.2) is 23.4 Å². The van der Waals surface area contributed by atoms with Gasteiger partial charge in [0.2, 0.25) is 0 Å². The van der Waals surface area contributed by atoms with Crippen molar-refractivity contribution in [1.29, 1.82) is 0 Å². The third kappa shape index (κ3) is 2.45. The van der Waals surface area contributed by atoms with Gasteiger partial charge in [-0.05, 0) is 25.3 Å². The predicted octanol–water partition coefficient (Wildman–Crippen LogP) is 1.55. The van der Waals surface area contributed by atoms with E-state index in [0.29, 0.717) is 12.1 Å². The van der Waals surface area contributed by atoms with E-state index >= 15 is 0 Å². The number of aromatic nitrogens is 1. The molecular weight excluding hydrogens is 184 g/mol. The quantitative estimate of drug-likeness (QED) is 0.746. The van der Waals surface area contributed by atoms with Crippen LogP contribution in [0.4, 0.5) is 0 Å². The summed E-state index contributed by atoms with van der Waals surface area (Å²) in [7, 11) is 0. The number of carbonyl (C=O) groups excluding carboxylic acids is 1. The molecule has 0 unspecified atom stereocenters. The van der Waals surface area contributed by atoms with Crippen LogP contribution < -0.4 is 5.32 Å². The lowest BCUT2D eigenvalue weighted by atomic mass is 10.3. The van der Waals surface area contributed by atoms with Crippen LogP contribution in [0.2, 0.25) is 0 Å². The van der Waals surface area contributed by atoms with E-state index < -0.39 is 0 Å². The first-order chi connectivity index (χ1) is 6.29. The maximum absolute atomic E-state index is 11.5. The summed E-state index contributed by atoms with van der Waals surface area (Å²) in [4.78, 5) is 15.6. The van der Waals surface area contributed by atoms with E-state index in [-0.39, 0.29) is 5.91 Å². The second-order valence-corrected chi connectivity index (χ2v) is 3.21. The number of thioether (sulfide) groups is 1. The van der Waals surface area contributed by atoms with Gasteiger partial charge in [0.05, 0.1) is 5.56 Å². The zero-order chi connectivity index (χ0) is 9.68. The van der Waals surface area contributed by atoms with E-state index in [1.807, 2.05) is 13.2 Å². The van der Waals surface area contributed by atoms with E-state index in [4.69, 9.17) is 0 Å². The molecule has 0 atom stereocenters. The smallest absolute Gasteiger partial charge is 0.254 e. The van der Waals surface area contributed by atoms with E-state index in [2.05, 4.69) is 10.3 Å². The Labute approximate surface area is 81.9 Å². The summed E-state index contributed by atoms with van der Waals surface area (Å²) >= 11 is 1.48. The first-order valence-electron chi connectivity index (χ1n) is 4.06. The molecule has 1 heterocycles. The third-order valence-corrected chi connectivity index (χ3v) is 2.26. The van der Waals surface area contributed by atoms with Crippen molar-refractivity contribution in [1.82, 2.24) is 10.3 Å². The Hall–Kier alpha value is -1.03. The molecule has 0 saturated heterocycles. The molecule has 0 aliphatic carbocycles. The third-order valence-electron chi connectivity index (χ3n) is 1.55. The van der Waals surface area contributed by atoms with Crippen molar-refractivity contribution >= 4 is 17.7 Å². The monoisotopic (exact) mass is 196 g/mol. The van der Waals surface area contributed by atoms with Crippen molar-refractivity contribution in [3.05, 3.63) is 23.9 Å². The van der Waals surface area contributed by atoms with Crippen molar-refractivity contribution in [2.24, 2.45) is 0 Å². The molecule has 0 fully saturated rings. The fourth-order valence-electron chi connectivity index (χ4n) is 0.982. The van der Waals surface area contributed by atoms with Gasteiger partial charge in [-0.15, -0.1) is 11.8 Å². The number of amides is 1. The number of hydrogen-bond donors (Lipinski definition) is 1. The molecule has 70 valence electrons. The highest BCUT2D eigenvalue weighted by Gasteiger charge is 2.09. The number of pyridine rings is 1. The van der Waals surface area contributed by atoms with Gasteiger partial charge in [0.25, 0.3) is 5.91 Å². The summed E-state index contributed by atoms with van der Waals surface area (Å²) in [5.74, 6) is -0.0556. The van der Waals surface area contributed by atoms with Crippen LogP contribution in [0, 0.1) is 0 Å². The molecule has 1 amide bonds. The lowest BCUT2D eigenvalue weighted by molar-refractivity contribution is 0.0952.